The Hall–Kier alpha value is -0.910. The molecule has 1 saturated carbocycles. The molecule has 1 aliphatic carbocycles. The van der Waals surface area contributed by atoms with Crippen LogP contribution in [0, 0.1) is 5.92 Å². The quantitative estimate of drug-likeness (QED) is 0.574. The van der Waals surface area contributed by atoms with Crippen LogP contribution in [-0.4, -0.2) is 34.0 Å². The molecule has 1 aromatic rings. The maximum absolute atomic E-state index is 11.1. The highest BCUT2D eigenvalue weighted by atomic mass is 32.2. The van der Waals surface area contributed by atoms with Crippen LogP contribution >= 0.6 is 0 Å². The summed E-state index contributed by atoms with van der Waals surface area (Å²) in [4.78, 5) is 0. The first-order valence-electron chi connectivity index (χ1n) is 7.53. The van der Waals surface area contributed by atoms with E-state index in [0.717, 1.165) is 51.6 Å². The molecule has 0 bridgehead atoms. The van der Waals surface area contributed by atoms with Crippen LogP contribution in [0.4, 0.5) is 0 Å². The highest BCUT2D eigenvalue weighted by Gasteiger charge is 2.24. The van der Waals surface area contributed by atoms with Gasteiger partial charge in [0.15, 0.2) is 0 Å². The van der Waals surface area contributed by atoms with Crippen molar-refractivity contribution in [1.82, 2.24) is 0 Å². The van der Waals surface area contributed by atoms with Crippen LogP contribution in [0.1, 0.15) is 31.2 Å². The van der Waals surface area contributed by atoms with E-state index in [2.05, 4.69) is 12.1 Å². The summed E-state index contributed by atoms with van der Waals surface area (Å²) in [6.07, 6.45) is 5.48. The molecule has 21 heavy (non-hydrogen) atoms. The molecule has 0 amide bonds. The van der Waals surface area contributed by atoms with Crippen LogP contribution in [0.15, 0.2) is 30.3 Å². The monoisotopic (exact) mass is 312 g/mol. The average molecular weight is 312 g/mol. The Bertz CT molecular complexity index is 504. The molecule has 4 nitrogen and oxygen atoms in total. The zero-order valence-electron chi connectivity index (χ0n) is 12.5. The molecule has 0 radical (unpaired) electrons. The second-order valence-corrected chi connectivity index (χ2v) is 7.35. The summed E-state index contributed by atoms with van der Waals surface area (Å²) in [5, 5.41) is 0. The lowest BCUT2D eigenvalue weighted by atomic mass is 9.88. The first-order chi connectivity index (χ1) is 10.0. The lowest BCUT2D eigenvalue weighted by Crippen LogP contribution is -2.26. The van der Waals surface area contributed by atoms with Crippen molar-refractivity contribution in [3.8, 4) is 0 Å². The van der Waals surface area contributed by atoms with E-state index in [1.54, 1.807) is 0 Å². The summed E-state index contributed by atoms with van der Waals surface area (Å²) in [5.74, 6) is 0.528. The van der Waals surface area contributed by atoms with E-state index in [-0.39, 0.29) is 6.10 Å². The fourth-order valence-electron chi connectivity index (χ4n) is 2.73. The summed E-state index contributed by atoms with van der Waals surface area (Å²) in [6, 6.07) is 10.3. The van der Waals surface area contributed by atoms with Crippen molar-refractivity contribution in [3.63, 3.8) is 0 Å². The van der Waals surface area contributed by atoms with Gasteiger partial charge in [-0.15, -0.1) is 0 Å². The SMILES string of the molecule is CS(=O)(=O)OC1CCC(COCCc2ccccc2)CC1. The van der Waals surface area contributed by atoms with Gasteiger partial charge in [0.2, 0.25) is 0 Å². The second kappa shape index (κ2) is 7.92. The number of hydrogen-bond donors (Lipinski definition) is 0. The van der Waals surface area contributed by atoms with Gasteiger partial charge in [-0.05, 0) is 43.6 Å². The van der Waals surface area contributed by atoms with Gasteiger partial charge in [0.25, 0.3) is 10.1 Å². The Morgan fingerprint density at radius 3 is 2.38 bits per heavy atom. The van der Waals surface area contributed by atoms with Gasteiger partial charge in [-0.2, -0.15) is 8.42 Å². The van der Waals surface area contributed by atoms with Crippen LogP contribution in [0.2, 0.25) is 0 Å². The van der Waals surface area contributed by atoms with E-state index in [1.807, 2.05) is 18.2 Å². The molecule has 0 N–H and O–H groups in total. The minimum Gasteiger partial charge on any atom is -0.381 e. The molecule has 0 aromatic heterocycles. The third-order valence-electron chi connectivity index (χ3n) is 3.84. The zero-order valence-corrected chi connectivity index (χ0v) is 13.3. The molecule has 5 heteroatoms. The van der Waals surface area contributed by atoms with Gasteiger partial charge >= 0.3 is 0 Å². The van der Waals surface area contributed by atoms with Gasteiger partial charge in [0, 0.05) is 6.61 Å². The fourth-order valence-corrected chi connectivity index (χ4v) is 3.41. The second-order valence-electron chi connectivity index (χ2n) is 5.75. The number of benzene rings is 1. The maximum atomic E-state index is 11.1. The molecule has 1 aromatic carbocycles. The minimum absolute atomic E-state index is 0.138. The van der Waals surface area contributed by atoms with Crippen molar-refractivity contribution in [3.05, 3.63) is 35.9 Å². The number of rotatable bonds is 7. The average Bonchev–Trinajstić information content (AvgIpc) is 2.45. The van der Waals surface area contributed by atoms with Crippen LogP contribution in [0.5, 0.6) is 0 Å². The van der Waals surface area contributed by atoms with Crippen LogP contribution in [-0.2, 0) is 25.5 Å². The summed E-state index contributed by atoms with van der Waals surface area (Å²) < 4.78 is 33.0. The largest absolute Gasteiger partial charge is 0.381 e. The van der Waals surface area contributed by atoms with E-state index >= 15 is 0 Å². The van der Waals surface area contributed by atoms with Gasteiger partial charge in [-0.1, -0.05) is 30.3 Å². The van der Waals surface area contributed by atoms with Crippen molar-refractivity contribution >= 4 is 10.1 Å². The molecule has 1 aliphatic rings. The molecule has 0 unspecified atom stereocenters. The van der Waals surface area contributed by atoms with Crippen LogP contribution in [0.3, 0.4) is 0 Å². The molecule has 118 valence electrons. The Labute approximate surface area is 127 Å². The molecule has 0 atom stereocenters. The predicted octanol–water partition coefficient (Wildman–Crippen LogP) is 2.78. The summed E-state index contributed by atoms with van der Waals surface area (Å²) in [6.45, 7) is 1.50. The molecule has 0 heterocycles. The van der Waals surface area contributed by atoms with Crippen molar-refractivity contribution in [2.24, 2.45) is 5.92 Å². The molecule has 1 fully saturated rings. The first kappa shape index (κ1) is 16.5. The van der Waals surface area contributed by atoms with Crippen molar-refractivity contribution < 1.29 is 17.3 Å². The van der Waals surface area contributed by atoms with E-state index in [0.29, 0.717) is 5.92 Å². The predicted molar refractivity (Wildman–Crippen MR) is 82.6 cm³/mol. The number of ether oxygens (including phenoxy) is 1. The maximum Gasteiger partial charge on any atom is 0.264 e. The van der Waals surface area contributed by atoms with E-state index in [9.17, 15) is 8.42 Å². The van der Waals surface area contributed by atoms with Gasteiger partial charge in [0.05, 0.1) is 19.0 Å². The molecule has 0 aliphatic heterocycles. The normalized spacial score (nSPS) is 23.1. The third-order valence-corrected chi connectivity index (χ3v) is 4.46. The Morgan fingerprint density at radius 1 is 1.10 bits per heavy atom. The Morgan fingerprint density at radius 2 is 1.76 bits per heavy atom. The van der Waals surface area contributed by atoms with Gasteiger partial charge in [-0.3, -0.25) is 4.18 Å². The van der Waals surface area contributed by atoms with Crippen molar-refractivity contribution in [1.29, 1.82) is 0 Å². The van der Waals surface area contributed by atoms with Crippen LogP contribution < -0.4 is 0 Å². The highest BCUT2D eigenvalue weighted by molar-refractivity contribution is 7.86. The van der Waals surface area contributed by atoms with Crippen molar-refractivity contribution in [2.75, 3.05) is 19.5 Å². The van der Waals surface area contributed by atoms with Crippen LogP contribution in [0.25, 0.3) is 0 Å². The van der Waals surface area contributed by atoms with E-state index < -0.39 is 10.1 Å². The van der Waals surface area contributed by atoms with Gasteiger partial charge in [-0.25, -0.2) is 0 Å². The minimum atomic E-state index is -3.32. The Balaban J connectivity index is 1.59. The lowest BCUT2D eigenvalue weighted by Gasteiger charge is -2.27. The van der Waals surface area contributed by atoms with Gasteiger partial charge in [0.1, 0.15) is 0 Å². The lowest BCUT2D eigenvalue weighted by molar-refractivity contribution is 0.0627. The number of hydrogen-bond acceptors (Lipinski definition) is 4. The van der Waals surface area contributed by atoms with Crippen molar-refractivity contribution in [2.45, 2.75) is 38.2 Å². The third kappa shape index (κ3) is 6.59. The molecule has 0 spiro atoms. The first-order valence-corrected chi connectivity index (χ1v) is 9.34. The fraction of sp³-hybridized carbons (Fsp3) is 0.625. The standard InChI is InChI=1S/C16H24O4S/c1-21(17,18)20-16-9-7-15(8-10-16)13-19-12-11-14-5-3-2-4-6-14/h2-6,15-16H,7-13H2,1H3. The topological polar surface area (TPSA) is 52.6 Å². The molecule has 2 rings (SSSR count). The highest BCUT2D eigenvalue weighted by Crippen LogP contribution is 2.27. The molecular formula is C16H24O4S. The van der Waals surface area contributed by atoms with Gasteiger partial charge < -0.3 is 4.74 Å². The summed E-state index contributed by atoms with van der Waals surface area (Å²) in [5.41, 5.74) is 1.29. The Kier molecular flexibility index (Phi) is 6.21. The smallest absolute Gasteiger partial charge is 0.264 e. The summed E-state index contributed by atoms with van der Waals surface area (Å²) in [7, 11) is -3.32. The molecular weight excluding hydrogens is 288 g/mol. The van der Waals surface area contributed by atoms with E-state index in [4.69, 9.17) is 8.92 Å². The van der Waals surface area contributed by atoms with E-state index in [1.165, 1.54) is 5.56 Å². The molecule has 0 saturated heterocycles. The summed E-state index contributed by atoms with van der Waals surface area (Å²) >= 11 is 0. The zero-order chi connectivity index (χ0) is 15.1.